The van der Waals surface area contributed by atoms with E-state index in [9.17, 15) is 4.79 Å². The predicted octanol–water partition coefficient (Wildman–Crippen LogP) is 1.70. The number of nitrogens with one attached hydrogen (secondary N) is 1. The van der Waals surface area contributed by atoms with Crippen molar-refractivity contribution in [2.75, 3.05) is 20.3 Å². The van der Waals surface area contributed by atoms with E-state index in [2.05, 4.69) is 5.32 Å². The maximum absolute atomic E-state index is 10.8. The monoisotopic (exact) mass is 251 g/mol. The Hall–Kier alpha value is -1.39. The number of rotatable bonds is 9. The van der Waals surface area contributed by atoms with Crippen molar-refractivity contribution >= 4 is 5.97 Å². The van der Waals surface area contributed by atoms with Crippen LogP contribution in [0.3, 0.4) is 0 Å². The largest absolute Gasteiger partial charge is 0.481 e. The Balaban J connectivity index is 2.42. The molecule has 0 heterocycles. The lowest BCUT2D eigenvalue weighted by Gasteiger charge is -2.17. The zero-order valence-corrected chi connectivity index (χ0v) is 10.8. The summed E-state index contributed by atoms with van der Waals surface area (Å²) in [4.78, 5) is 10.8. The van der Waals surface area contributed by atoms with Crippen LogP contribution in [0, 0.1) is 0 Å². The highest BCUT2D eigenvalue weighted by Crippen LogP contribution is 2.06. The van der Waals surface area contributed by atoms with E-state index in [0.717, 1.165) is 24.9 Å². The van der Waals surface area contributed by atoms with Crippen molar-refractivity contribution in [2.45, 2.75) is 25.3 Å². The highest BCUT2D eigenvalue weighted by molar-refractivity contribution is 5.67. The van der Waals surface area contributed by atoms with Crippen LogP contribution in [0.2, 0.25) is 0 Å². The molecule has 0 spiro atoms. The molecule has 4 nitrogen and oxygen atoms in total. The molecule has 0 aliphatic heterocycles. The van der Waals surface area contributed by atoms with Gasteiger partial charge in [-0.2, -0.15) is 0 Å². The Morgan fingerprint density at radius 3 is 2.72 bits per heavy atom. The Labute approximate surface area is 108 Å². The number of hydrogen-bond acceptors (Lipinski definition) is 3. The topological polar surface area (TPSA) is 58.6 Å². The molecule has 0 fully saturated rings. The Kier molecular flexibility index (Phi) is 7.06. The third-order valence-electron chi connectivity index (χ3n) is 2.70. The number of carboxylic acids is 1. The molecule has 18 heavy (non-hydrogen) atoms. The first kappa shape index (κ1) is 14.7. The van der Waals surface area contributed by atoms with E-state index in [0.29, 0.717) is 6.61 Å². The van der Waals surface area contributed by atoms with Crippen molar-refractivity contribution in [1.29, 1.82) is 0 Å². The molecule has 2 N–H and O–H groups in total. The highest BCUT2D eigenvalue weighted by atomic mass is 16.5. The van der Waals surface area contributed by atoms with Gasteiger partial charge in [-0.3, -0.25) is 4.79 Å². The van der Waals surface area contributed by atoms with Crippen LogP contribution < -0.4 is 5.32 Å². The summed E-state index contributed by atoms with van der Waals surface area (Å²) in [6.07, 6.45) is 1.77. The van der Waals surface area contributed by atoms with Crippen LogP contribution in [-0.4, -0.2) is 37.4 Å². The van der Waals surface area contributed by atoms with Gasteiger partial charge in [0.15, 0.2) is 0 Å². The van der Waals surface area contributed by atoms with E-state index in [1.807, 2.05) is 30.3 Å². The molecule has 100 valence electrons. The molecular formula is C14H21NO3. The number of methoxy groups -OCH3 is 1. The average molecular weight is 251 g/mol. The molecule has 1 aromatic carbocycles. The number of aliphatic carboxylic acids is 1. The van der Waals surface area contributed by atoms with E-state index in [4.69, 9.17) is 9.84 Å². The molecule has 4 heteroatoms. The Morgan fingerprint density at radius 1 is 1.39 bits per heavy atom. The van der Waals surface area contributed by atoms with Gasteiger partial charge in [-0.15, -0.1) is 0 Å². The van der Waals surface area contributed by atoms with Crippen molar-refractivity contribution in [3.05, 3.63) is 35.9 Å². The molecule has 0 aliphatic rings. The predicted molar refractivity (Wildman–Crippen MR) is 70.7 cm³/mol. The zero-order chi connectivity index (χ0) is 13.2. The quantitative estimate of drug-likeness (QED) is 0.656. The number of ether oxygens (including phenoxy) is 1. The fourth-order valence-electron chi connectivity index (χ4n) is 1.85. The van der Waals surface area contributed by atoms with E-state index in [1.54, 1.807) is 7.11 Å². The van der Waals surface area contributed by atoms with Crippen molar-refractivity contribution in [3.8, 4) is 0 Å². The summed E-state index contributed by atoms with van der Waals surface area (Å²) in [6.45, 7) is 1.47. The molecule has 1 rings (SSSR count). The minimum absolute atomic E-state index is 0.0262. The summed E-state index contributed by atoms with van der Waals surface area (Å²) < 4.78 is 4.97. The third kappa shape index (κ3) is 6.37. The van der Waals surface area contributed by atoms with Crippen LogP contribution in [-0.2, 0) is 16.0 Å². The second-order valence-corrected chi connectivity index (χ2v) is 4.28. The average Bonchev–Trinajstić information content (AvgIpc) is 2.35. The van der Waals surface area contributed by atoms with E-state index in [-0.39, 0.29) is 12.5 Å². The second kappa shape index (κ2) is 8.66. The summed E-state index contributed by atoms with van der Waals surface area (Å²) >= 11 is 0. The molecule has 0 saturated heterocycles. The second-order valence-electron chi connectivity index (χ2n) is 4.28. The Bertz CT molecular complexity index is 340. The van der Waals surface area contributed by atoms with Crippen LogP contribution in [0.4, 0.5) is 0 Å². The summed E-state index contributed by atoms with van der Waals surface area (Å²) in [6, 6.07) is 9.91. The molecule has 0 bridgehead atoms. The number of carbonyl (C=O) groups is 1. The smallest absolute Gasteiger partial charge is 0.304 e. The van der Waals surface area contributed by atoms with Crippen LogP contribution in [0.15, 0.2) is 30.3 Å². The highest BCUT2D eigenvalue weighted by Gasteiger charge is 2.12. The number of carboxylic acid groups (broad SMARTS) is 1. The summed E-state index contributed by atoms with van der Waals surface area (Å²) in [7, 11) is 1.67. The van der Waals surface area contributed by atoms with Gasteiger partial charge in [-0.25, -0.2) is 0 Å². The van der Waals surface area contributed by atoms with Crippen molar-refractivity contribution < 1.29 is 14.6 Å². The van der Waals surface area contributed by atoms with Crippen LogP contribution in [0.25, 0.3) is 0 Å². The first-order chi connectivity index (χ1) is 8.72. The fourth-order valence-corrected chi connectivity index (χ4v) is 1.85. The zero-order valence-electron chi connectivity index (χ0n) is 10.8. The lowest BCUT2D eigenvalue weighted by Crippen LogP contribution is -2.34. The van der Waals surface area contributed by atoms with Crippen molar-refractivity contribution in [3.63, 3.8) is 0 Å². The van der Waals surface area contributed by atoms with Crippen LogP contribution in [0.5, 0.6) is 0 Å². The minimum Gasteiger partial charge on any atom is -0.481 e. The summed E-state index contributed by atoms with van der Waals surface area (Å²) in [5.41, 5.74) is 1.16. The van der Waals surface area contributed by atoms with Gasteiger partial charge in [0.05, 0.1) is 6.42 Å². The molecule has 1 unspecified atom stereocenters. The summed E-state index contributed by atoms with van der Waals surface area (Å²) in [5.74, 6) is -0.768. The number of hydrogen-bond donors (Lipinski definition) is 2. The van der Waals surface area contributed by atoms with E-state index in [1.165, 1.54) is 0 Å². The van der Waals surface area contributed by atoms with Gasteiger partial charge in [-0.05, 0) is 24.9 Å². The molecular weight excluding hydrogens is 230 g/mol. The molecule has 1 aromatic rings. The Morgan fingerprint density at radius 2 is 2.11 bits per heavy atom. The fraction of sp³-hybridized carbons (Fsp3) is 0.500. The van der Waals surface area contributed by atoms with Gasteiger partial charge in [0.2, 0.25) is 0 Å². The van der Waals surface area contributed by atoms with Crippen LogP contribution >= 0.6 is 0 Å². The van der Waals surface area contributed by atoms with E-state index < -0.39 is 5.97 Å². The first-order valence-corrected chi connectivity index (χ1v) is 6.20. The van der Waals surface area contributed by atoms with Gasteiger partial charge in [0, 0.05) is 19.8 Å². The van der Waals surface area contributed by atoms with E-state index >= 15 is 0 Å². The standard InChI is InChI=1S/C14H21NO3/c1-18-9-5-8-15-13(11-14(16)17)10-12-6-3-2-4-7-12/h2-4,6-7,13,15H,5,8-11H2,1H3,(H,16,17). The third-order valence-corrected chi connectivity index (χ3v) is 2.70. The number of benzene rings is 1. The molecule has 0 saturated carbocycles. The lowest BCUT2D eigenvalue weighted by molar-refractivity contribution is -0.137. The van der Waals surface area contributed by atoms with Gasteiger partial charge < -0.3 is 15.2 Å². The first-order valence-electron chi connectivity index (χ1n) is 6.20. The maximum Gasteiger partial charge on any atom is 0.304 e. The molecule has 0 amide bonds. The minimum atomic E-state index is -0.768. The van der Waals surface area contributed by atoms with Crippen molar-refractivity contribution in [1.82, 2.24) is 5.32 Å². The molecule has 0 aliphatic carbocycles. The van der Waals surface area contributed by atoms with Gasteiger partial charge in [0.1, 0.15) is 0 Å². The normalized spacial score (nSPS) is 12.3. The van der Waals surface area contributed by atoms with Gasteiger partial charge in [0.25, 0.3) is 0 Å². The molecule has 0 radical (unpaired) electrons. The van der Waals surface area contributed by atoms with Gasteiger partial charge in [-0.1, -0.05) is 30.3 Å². The SMILES string of the molecule is COCCCNC(CC(=O)O)Cc1ccccc1. The van der Waals surface area contributed by atoms with Crippen LogP contribution in [0.1, 0.15) is 18.4 Å². The van der Waals surface area contributed by atoms with Crippen molar-refractivity contribution in [2.24, 2.45) is 0 Å². The van der Waals surface area contributed by atoms with Gasteiger partial charge >= 0.3 is 5.97 Å². The maximum atomic E-state index is 10.8. The molecule has 1 atom stereocenters. The molecule has 0 aromatic heterocycles. The lowest BCUT2D eigenvalue weighted by atomic mass is 10.0. The summed E-state index contributed by atoms with van der Waals surface area (Å²) in [5, 5.41) is 12.2.